The van der Waals surface area contributed by atoms with Crippen LogP contribution in [0.25, 0.3) is 11.0 Å². The van der Waals surface area contributed by atoms with Crippen LogP contribution in [0.15, 0.2) is 63.8 Å². The van der Waals surface area contributed by atoms with Gasteiger partial charge in [0.2, 0.25) is 0 Å². The Kier molecular flexibility index (Phi) is 3.57. The zero-order chi connectivity index (χ0) is 17.4. The largest absolute Gasteiger partial charge is 0.496 e. The maximum Gasteiger partial charge on any atom is 0.349 e. The molecule has 0 spiro atoms. The second-order valence-corrected chi connectivity index (χ2v) is 6.22. The second-order valence-electron chi connectivity index (χ2n) is 6.22. The van der Waals surface area contributed by atoms with Crippen molar-refractivity contribution in [2.45, 2.75) is 18.4 Å². The summed E-state index contributed by atoms with van der Waals surface area (Å²) >= 11 is 0. The third kappa shape index (κ3) is 2.67. The molecule has 4 rings (SSSR count). The van der Waals surface area contributed by atoms with Crippen molar-refractivity contribution in [2.75, 3.05) is 7.11 Å². The van der Waals surface area contributed by atoms with E-state index >= 15 is 0 Å². The van der Waals surface area contributed by atoms with Gasteiger partial charge in [-0.05, 0) is 31.0 Å². The van der Waals surface area contributed by atoms with Crippen LogP contribution in [0.5, 0.6) is 5.75 Å². The number of amides is 1. The lowest BCUT2D eigenvalue weighted by Crippen LogP contribution is -2.37. The van der Waals surface area contributed by atoms with Crippen molar-refractivity contribution in [1.29, 1.82) is 0 Å². The number of fused-ring (bicyclic) bond motifs is 1. The Morgan fingerprint density at radius 2 is 1.84 bits per heavy atom. The van der Waals surface area contributed by atoms with Gasteiger partial charge in [-0.3, -0.25) is 4.79 Å². The van der Waals surface area contributed by atoms with Gasteiger partial charge < -0.3 is 14.5 Å². The monoisotopic (exact) mass is 335 g/mol. The number of carbonyl (C=O) groups excluding carboxylic acids is 1. The van der Waals surface area contributed by atoms with Gasteiger partial charge in [0, 0.05) is 10.9 Å². The van der Waals surface area contributed by atoms with Crippen molar-refractivity contribution in [3.63, 3.8) is 0 Å². The van der Waals surface area contributed by atoms with Crippen LogP contribution in [0.3, 0.4) is 0 Å². The summed E-state index contributed by atoms with van der Waals surface area (Å²) in [4.78, 5) is 24.9. The minimum atomic E-state index is -0.632. The minimum Gasteiger partial charge on any atom is -0.496 e. The maximum atomic E-state index is 12.7. The first-order valence-electron chi connectivity index (χ1n) is 8.12. The van der Waals surface area contributed by atoms with E-state index in [-0.39, 0.29) is 5.56 Å². The molecule has 3 aromatic rings. The van der Waals surface area contributed by atoms with Gasteiger partial charge in [0.25, 0.3) is 5.91 Å². The highest BCUT2D eigenvalue weighted by Crippen LogP contribution is 2.48. The van der Waals surface area contributed by atoms with Crippen molar-refractivity contribution in [3.05, 3.63) is 76.1 Å². The van der Waals surface area contributed by atoms with E-state index in [0.717, 1.165) is 29.5 Å². The molecule has 0 aliphatic heterocycles. The van der Waals surface area contributed by atoms with Crippen LogP contribution in [0.1, 0.15) is 28.8 Å². The number of benzene rings is 2. The molecule has 1 amide bonds. The zero-order valence-electron chi connectivity index (χ0n) is 13.7. The van der Waals surface area contributed by atoms with Crippen LogP contribution < -0.4 is 15.7 Å². The molecule has 126 valence electrons. The van der Waals surface area contributed by atoms with Crippen LogP contribution >= 0.6 is 0 Å². The Bertz CT molecular complexity index is 1020. The Hall–Kier alpha value is -3.08. The number of carbonyl (C=O) groups is 1. The first-order valence-corrected chi connectivity index (χ1v) is 8.12. The van der Waals surface area contributed by atoms with Gasteiger partial charge >= 0.3 is 5.63 Å². The molecule has 2 aromatic carbocycles. The summed E-state index contributed by atoms with van der Waals surface area (Å²) in [5.74, 6) is 0.300. The van der Waals surface area contributed by atoms with E-state index in [0.29, 0.717) is 5.58 Å². The molecule has 0 bridgehead atoms. The summed E-state index contributed by atoms with van der Waals surface area (Å²) in [6.07, 6.45) is 1.61. The highest BCUT2D eigenvalue weighted by atomic mass is 16.5. The van der Waals surface area contributed by atoms with E-state index in [1.165, 1.54) is 0 Å². The van der Waals surface area contributed by atoms with Gasteiger partial charge in [-0.1, -0.05) is 36.4 Å². The number of methoxy groups -OCH3 is 1. The number of para-hydroxylation sites is 2. The summed E-state index contributed by atoms with van der Waals surface area (Å²) in [6.45, 7) is 0. The van der Waals surface area contributed by atoms with Crippen LogP contribution in [-0.2, 0) is 5.54 Å². The van der Waals surface area contributed by atoms with E-state index in [1.54, 1.807) is 25.3 Å². The van der Waals surface area contributed by atoms with Crippen LogP contribution in [0, 0.1) is 0 Å². The Morgan fingerprint density at radius 1 is 1.12 bits per heavy atom. The predicted octanol–water partition coefficient (Wildman–Crippen LogP) is 3.22. The molecule has 1 aliphatic rings. The average Bonchev–Trinajstić information content (AvgIpc) is 3.41. The normalized spacial score (nSPS) is 14.9. The molecule has 0 atom stereocenters. The fraction of sp³-hybridized carbons (Fsp3) is 0.200. The molecular formula is C20H17NO4. The Morgan fingerprint density at radius 3 is 2.60 bits per heavy atom. The number of rotatable bonds is 4. The highest BCUT2D eigenvalue weighted by molar-refractivity contribution is 5.97. The van der Waals surface area contributed by atoms with Crippen LogP contribution in [0.4, 0.5) is 0 Å². The van der Waals surface area contributed by atoms with Gasteiger partial charge in [-0.25, -0.2) is 4.79 Å². The van der Waals surface area contributed by atoms with E-state index in [9.17, 15) is 9.59 Å². The minimum absolute atomic E-state index is 0.0138. The van der Waals surface area contributed by atoms with Crippen LogP contribution in [-0.4, -0.2) is 13.0 Å². The van der Waals surface area contributed by atoms with E-state index in [1.807, 2.05) is 36.4 Å². The maximum absolute atomic E-state index is 12.7. The van der Waals surface area contributed by atoms with Crippen molar-refractivity contribution >= 4 is 16.9 Å². The van der Waals surface area contributed by atoms with Gasteiger partial charge in [0.1, 0.15) is 16.9 Å². The van der Waals surface area contributed by atoms with Gasteiger partial charge in [-0.15, -0.1) is 0 Å². The first-order chi connectivity index (χ1) is 12.1. The number of hydrogen-bond donors (Lipinski definition) is 1. The van der Waals surface area contributed by atoms with Gasteiger partial charge in [-0.2, -0.15) is 0 Å². The van der Waals surface area contributed by atoms with Crippen molar-refractivity contribution in [3.8, 4) is 5.75 Å². The fourth-order valence-electron chi connectivity index (χ4n) is 3.13. The molecule has 1 heterocycles. The first kappa shape index (κ1) is 15.4. The zero-order valence-corrected chi connectivity index (χ0v) is 13.7. The van der Waals surface area contributed by atoms with Crippen molar-refractivity contribution in [2.24, 2.45) is 0 Å². The molecule has 5 nitrogen and oxygen atoms in total. The predicted molar refractivity (Wildman–Crippen MR) is 93.9 cm³/mol. The molecule has 1 saturated carbocycles. The average molecular weight is 335 g/mol. The lowest BCUT2D eigenvalue weighted by atomic mass is 10.0. The van der Waals surface area contributed by atoms with E-state index in [2.05, 4.69) is 5.32 Å². The van der Waals surface area contributed by atoms with Gasteiger partial charge in [0.05, 0.1) is 12.6 Å². The third-order valence-corrected chi connectivity index (χ3v) is 4.61. The molecular weight excluding hydrogens is 318 g/mol. The smallest absolute Gasteiger partial charge is 0.349 e. The van der Waals surface area contributed by atoms with E-state index < -0.39 is 17.1 Å². The summed E-state index contributed by atoms with van der Waals surface area (Å²) in [6, 6.07) is 16.3. The molecule has 1 N–H and O–H groups in total. The molecule has 0 saturated heterocycles. The summed E-state index contributed by atoms with van der Waals surface area (Å²) in [7, 11) is 1.61. The SMILES string of the molecule is COc1ccccc1C1(NC(=O)c2cc3ccccc3oc2=O)CC1. The second kappa shape index (κ2) is 5.77. The highest BCUT2D eigenvalue weighted by Gasteiger charge is 2.47. The molecule has 0 radical (unpaired) electrons. The lowest BCUT2D eigenvalue weighted by Gasteiger charge is -2.20. The third-order valence-electron chi connectivity index (χ3n) is 4.61. The van der Waals surface area contributed by atoms with Crippen molar-refractivity contribution < 1.29 is 13.9 Å². The number of hydrogen-bond acceptors (Lipinski definition) is 4. The standard InChI is InChI=1S/C20H17NO4/c1-24-17-9-5-3-7-15(17)20(10-11-20)21-18(22)14-12-13-6-2-4-8-16(13)25-19(14)23/h2-9,12H,10-11H2,1H3,(H,21,22). The number of nitrogens with one attached hydrogen (secondary N) is 1. The Balaban J connectivity index is 1.68. The number of ether oxygens (including phenoxy) is 1. The van der Waals surface area contributed by atoms with Gasteiger partial charge in [0.15, 0.2) is 0 Å². The van der Waals surface area contributed by atoms with E-state index in [4.69, 9.17) is 9.15 Å². The molecule has 25 heavy (non-hydrogen) atoms. The lowest BCUT2D eigenvalue weighted by molar-refractivity contribution is 0.0926. The summed E-state index contributed by atoms with van der Waals surface area (Å²) in [5, 5.41) is 3.72. The molecule has 1 aromatic heterocycles. The summed E-state index contributed by atoms with van der Waals surface area (Å²) < 4.78 is 10.7. The summed E-state index contributed by atoms with van der Waals surface area (Å²) in [5.41, 5.74) is 0.291. The van der Waals surface area contributed by atoms with Crippen LogP contribution in [0.2, 0.25) is 0 Å². The fourth-order valence-corrected chi connectivity index (χ4v) is 3.13. The topological polar surface area (TPSA) is 68.5 Å². The molecule has 1 aliphatic carbocycles. The van der Waals surface area contributed by atoms with Crippen molar-refractivity contribution in [1.82, 2.24) is 5.32 Å². The molecule has 1 fully saturated rings. The molecule has 5 heteroatoms. The Labute approximate surface area is 144 Å². The molecule has 0 unspecified atom stereocenters. The quantitative estimate of drug-likeness (QED) is 0.743.